The molecule has 0 saturated carbocycles. The Hall–Kier alpha value is -1.25. The topological polar surface area (TPSA) is 9.23 Å². The molecule has 0 heterocycles. The quantitative estimate of drug-likeness (QED) is 0.586. The second kappa shape index (κ2) is 7.67. The fourth-order valence-electron chi connectivity index (χ4n) is 2.08. The molecule has 0 aliphatic carbocycles. The minimum absolute atomic E-state index is 0.465. The molecule has 2 aromatic carbocycles. The first-order valence-electron chi connectivity index (χ1n) is 6.93. The molecule has 0 amide bonds. The average molecular weight is 366 g/mol. The molecule has 0 atom stereocenters. The van der Waals surface area contributed by atoms with Gasteiger partial charge in [0.2, 0.25) is 0 Å². The van der Waals surface area contributed by atoms with Crippen LogP contribution in [-0.2, 0) is 12.8 Å². The van der Waals surface area contributed by atoms with Crippen molar-refractivity contribution in [3.05, 3.63) is 75.2 Å². The van der Waals surface area contributed by atoms with Gasteiger partial charge in [0.25, 0.3) is 0 Å². The van der Waals surface area contributed by atoms with E-state index in [9.17, 15) is 0 Å². The fourth-order valence-corrected chi connectivity index (χ4v) is 2.80. The summed E-state index contributed by atoms with van der Waals surface area (Å²) in [6.45, 7) is 6.26. The Balaban J connectivity index is 2.19. The summed E-state index contributed by atoms with van der Waals surface area (Å²) in [5.74, 6) is 0.741. The van der Waals surface area contributed by atoms with Crippen molar-refractivity contribution in [1.82, 2.24) is 0 Å². The van der Waals surface area contributed by atoms with E-state index in [2.05, 4.69) is 53.7 Å². The van der Waals surface area contributed by atoms with Gasteiger partial charge in [-0.1, -0.05) is 55.4 Å². The predicted octanol–water partition coefficient (Wildman–Crippen LogP) is 5.82. The van der Waals surface area contributed by atoms with Crippen LogP contribution in [0, 0.1) is 0 Å². The average Bonchev–Trinajstić information content (AvgIpc) is 2.50. The van der Waals surface area contributed by atoms with Gasteiger partial charge >= 0.3 is 0 Å². The van der Waals surface area contributed by atoms with Gasteiger partial charge in [0, 0.05) is 11.1 Å². The molecule has 0 saturated heterocycles. The molecule has 110 valence electrons. The van der Waals surface area contributed by atoms with Gasteiger partial charge in [0.15, 0.2) is 0 Å². The van der Waals surface area contributed by atoms with Crippen molar-refractivity contribution in [3.63, 3.8) is 0 Å². The van der Waals surface area contributed by atoms with Crippen LogP contribution in [0.1, 0.15) is 23.6 Å². The van der Waals surface area contributed by atoms with Crippen LogP contribution in [0.5, 0.6) is 5.75 Å². The molecule has 0 radical (unpaired) electrons. The lowest BCUT2D eigenvalue weighted by Crippen LogP contribution is -1.96. The first-order chi connectivity index (χ1) is 10.1. The summed E-state index contributed by atoms with van der Waals surface area (Å²) < 4.78 is 6.46. The molecule has 0 bridgehead atoms. The zero-order valence-electron chi connectivity index (χ0n) is 12.0. The Morgan fingerprint density at radius 1 is 1.19 bits per heavy atom. The normalized spacial score (nSPS) is 10.4. The molecule has 0 aliphatic heterocycles. The largest absolute Gasteiger partial charge is 0.488 e. The summed E-state index contributed by atoms with van der Waals surface area (Å²) in [5.41, 5.74) is 3.68. The fraction of sp³-hybridized carbons (Fsp3) is 0.222. The van der Waals surface area contributed by atoms with Gasteiger partial charge in [-0.3, -0.25) is 0 Å². The van der Waals surface area contributed by atoms with E-state index >= 15 is 0 Å². The number of hydrogen-bond acceptors (Lipinski definition) is 1. The predicted molar refractivity (Wildman–Crippen MR) is 93.5 cm³/mol. The van der Waals surface area contributed by atoms with Crippen LogP contribution in [0.2, 0.25) is 5.02 Å². The van der Waals surface area contributed by atoms with E-state index in [0.29, 0.717) is 6.61 Å². The molecule has 0 aliphatic rings. The lowest BCUT2D eigenvalue weighted by Gasteiger charge is -2.11. The van der Waals surface area contributed by atoms with E-state index in [1.54, 1.807) is 6.08 Å². The zero-order chi connectivity index (χ0) is 15.2. The monoisotopic (exact) mass is 364 g/mol. The molecule has 0 aromatic heterocycles. The van der Waals surface area contributed by atoms with E-state index in [1.165, 1.54) is 11.1 Å². The number of hydrogen-bond donors (Lipinski definition) is 0. The highest BCUT2D eigenvalue weighted by Crippen LogP contribution is 2.32. The highest BCUT2D eigenvalue weighted by atomic mass is 79.9. The maximum atomic E-state index is 6.36. The van der Waals surface area contributed by atoms with Crippen LogP contribution in [0.25, 0.3) is 0 Å². The molecule has 1 nitrogen and oxygen atoms in total. The van der Waals surface area contributed by atoms with E-state index in [-0.39, 0.29) is 0 Å². The van der Waals surface area contributed by atoms with Crippen LogP contribution < -0.4 is 4.74 Å². The molecule has 0 fully saturated rings. The van der Waals surface area contributed by atoms with Gasteiger partial charge < -0.3 is 4.74 Å². The van der Waals surface area contributed by atoms with Crippen molar-refractivity contribution in [1.29, 1.82) is 0 Å². The van der Waals surface area contributed by atoms with Crippen molar-refractivity contribution in [3.8, 4) is 5.75 Å². The highest BCUT2D eigenvalue weighted by molar-refractivity contribution is 9.10. The lowest BCUT2D eigenvalue weighted by molar-refractivity contribution is 0.361. The van der Waals surface area contributed by atoms with E-state index in [4.69, 9.17) is 16.3 Å². The summed E-state index contributed by atoms with van der Waals surface area (Å²) in [5, 5.41) is 0.719. The molecular formula is C18H18BrClO. The van der Waals surface area contributed by atoms with E-state index in [0.717, 1.165) is 33.6 Å². The van der Waals surface area contributed by atoms with E-state index in [1.807, 2.05) is 12.1 Å². The lowest BCUT2D eigenvalue weighted by atomic mass is 10.0. The molecule has 0 spiro atoms. The van der Waals surface area contributed by atoms with Gasteiger partial charge in [0.05, 0.1) is 4.47 Å². The second-order valence-corrected chi connectivity index (χ2v) is 6.08. The molecule has 0 unspecified atom stereocenters. The Kier molecular flexibility index (Phi) is 5.89. The summed E-state index contributed by atoms with van der Waals surface area (Å²) in [7, 11) is 0. The van der Waals surface area contributed by atoms with E-state index < -0.39 is 0 Å². The van der Waals surface area contributed by atoms with Crippen LogP contribution in [0.4, 0.5) is 0 Å². The van der Waals surface area contributed by atoms with Crippen molar-refractivity contribution in [2.24, 2.45) is 0 Å². The summed E-state index contributed by atoms with van der Waals surface area (Å²) in [6, 6.07) is 12.5. The summed E-state index contributed by atoms with van der Waals surface area (Å²) in [6.07, 6.45) is 3.58. The smallest absolute Gasteiger partial charge is 0.135 e. The summed E-state index contributed by atoms with van der Waals surface area (Å²) in [4.78, 5) is 0. The van der Waals surface area contributed by atoms with Gasteiger partial charge in [-0.2, -0.15) is 0 Å². The number of ether oxygens (including phenoxy) is 1. The van der Waals surface area contributed by atoms with Crippen LogP contribution in [0.15, 0.2) is 53.5 Å². The number of halogens is 2. The Labute approximate surface area is 139 Å². The standard InChI is InChI=1S/C18H18BrClO/c1-3-9-21-18-12-17(20)15(11-16(18)19)10-14-7-5-13(4-2)6-8-14/h3,5-8,11-12H,1,4,9-10H2,2H3. The SMILES string of the molecule is C=CCOc1cc(Cl)c(Cc2ccc(CC)cc2)cc1Br. The zero-order valence-corrected chi connectivity index (χ0v) is 14.4. The van der Waals surface area contributed by atoms with Crippen molar-refractivity contribution in [2.45, 2.75) is 19.8 Å². The molecule has 2 rings (SSSR count). The number of aryl methyl sites for hydroxylation is 1. The van der Waals surface area contributed by atoms with Gasteiger partial charge in [-0.25, -0.2) is 0 Å². The number of rotatable bonds is 6. The second-order valence-electron chi connectivity index (χ2n) is 4.82. The molecule has 21 heavy (non-hydrogen) atoms. The minimum Gasteiger partial charge on any atom is -0.488 e. The third-order valence-corrected chi connectivity index (χ3v) is 4.25. The maximum Gasteiger partial charge on any atom is 0.135 e. The third-order valence-electron chi connectivity index (χ3n) is 3.28. The first-order valence-corrected chi connectivity index (χ1v) is 8.10. The van der Waals surface area contributed by atoms with Crippen molar-refractivity contribution < 1.29 is 4.74 Å². The van der Waals surface area contributed by atoms with Crippen LogP contribution >= 0.6 is 27.5 Å². The number of benzene rings is 2. The Morgan fingerprint density at radius 3 is 2.48 bits per heavy atom. The van der Waals surface area contributed by atoms with Gasteiger partial charge in [0.1, 0.15) is 12.4 Å². The molecule has 3 heteroatoms. The van der Waals surface area contributed by atoms with Crippen LogP contribution in [-0.4, -0.2) is 6.61 Å². The van der Waals surface area contributed by atoms with Crippen molar-refractivity contribution in [2.75, 3.05) is 6.61 Å². The highest BCUT2D eigenvalue weighted by Gasteiger charge is 2.09. The molecule has 2 aromatic rings. The first kappa shape index (κ1) is 16.1. The molecule has 0 N–H and O–H groups in total. The molecular weight excluding hydrogens is 348 g/mol. The van der Waals surface area contributed by atoms with Crippen molar-refractivity contribution >= 4 is 27.5 Å². The Bertz CT molecular complexity index is 620. The van der Waals surface area contributed by atoms with Gasteiger partial charge in [-0.15, -0.1) is 0 Å². The summed E-state index contributed by atoms with van der Waals surface area (Å²) >= 11 is 9.89. The maximum absolute atomic E-state index is 6.36. The minimum atomic E-state index is 0.465. The third kappa shape index (κ3) is 4.36. The van der Waals surface area contributed by atoms with Gasteiger partial charge in [-0.05, 0) is 51.5 Å². The Morgan fingerprint density at radius 2 is 1.86 bits per heavy atom. The van der Waals surface area contributed by atoms with Crippen LogP contribution in [0.3, 0.4) is 0 Å².